The number of hydrogen-bond acceptors (Lipinski definition) is 2. The molecule has 1 nitrogen and oxygen atoms in total. The highest BCUT2D eigenvalue weighted by Crippen LogP contribution is 2.21. The molecule has 0 aliphatic heterocycles. The molecule has 0 saturated carbocycles. The van der Waals surface area contributed by atoms with Crippen LogP contribution < -0.4 is 5.32 Å². The minimum absolute atomic E-state index is 0.380. The number of aryl methyl sites for hydroxylation is 1. The fourth-order valence-corrected chi connectivity index (χ4v) is 2.88. The Bertz CT molecular complexity index is 458. The second-order valence-corrected chi connectivity index (χ2v) is 5.54. The summed E-state index contributed by atoms with van der Waals surface area (Å²) in [6.07, 6.45) is 1.10. The van der Waals surface area contributed by atoms with Gasteiger partial charge in [0.05, 0.1) is 0 Å². The Morgan fingerprint density at radius 1 is 1.00 bits per heavy atom. The molecule has 0 spiro atoms. The molecule has 0 fully saturated rings. The van der Waals surface area contributed by atoms with E-state index in [1.165, 1.54) is 16.7 Å². The minimum atomic E-state index is 0.380. The SMILES string of the molecule is CCc1ccc(C(C)NC(C)c2ccsc2)cc1. The molecule has 1 aromatic heterocycles. The summed E-state index contributed by atoms with van der Waals surface area (Å²) < 4.78 is 0. The minimum Gasteiger partial charge on any atom is -0.304 e. The molecule has 96 valence electrons. The van der Waals surface area contributed by atoms with Gasteiger partial charge < -0.3 is 5.32 Å². The maximum absolute atomic E-state index is 3.64. The molecule has 18 heavy (non-hydrogen) atoms. The van der Waals surface area contributed by atoms with Crippen LogP contribution in [0.5, 0.6) is 0 Å². The van der Waals surface area contributed by atoms with Gasteiger partial charge in [-0.25, -0.2) is 0 Å². The zero-order chi connectivity index (χ0) is 13.0. The van der Waals surface area contributed by atoms with Crippen LogP contribution in [0.15, 0.2) is 41.1 Å². The lowest BCUT2D eigenvalue weighted by Gasteiger charge is -2.20. The van der Waals surface area contributed by atoms with Crippen LogP contribution in [0, 0.1) is 0 Å². The lowest BCUT2D eigenvalue weighted by Crippen LogP contribution is -2.22. The highest BCUT2D eigenvalue weighted by Gasteiger charge is 2.11. The molecule has 2 heteroatoms. The Balaban J connectivity index is 2.00. The van der Waals surface area contributed by atoms with E-state index in [2.05, 4.69) is 67.2 Å². The van der Waals surface area contributed by atoms with Crippen molar-refractivity contribution in [2.24, 2.45) is 0 Å². The molecule has 1 N–H and O–H groups in total. The zero-order valence-electron chi connectivity index (χ0n) is 11.3. The molecule has 0 radical (unpaired) electrons. The lowest BCUT2D eigenvalue weighted by atomic mass is 10.0. The highest BCUT2D eigenvalue weighted by molar-refractivity contribution is 7.07. The van der Waals surface area contributed by atoms with Crippen molar-refractivity contribution in [2.45, 2.75) is 39.3 Å². The van der Waals surface area contributed by atoms with Crippen LogP contribution >= 0.6 is 11.3 Å². The summed E-state index contributed by atoms with van der Waals surface area (Å²) in [5.74, 6) is 0. The quantitative estimate of drug-likeness (QED) is 0.819. The Kier molecular flexibility index (Phi) is 4.56. The number of rotatable bonds is 5. The second kappa shape index (κ2) is 6.17. The van der Waals surface area contributed by atoms with Crippen molar-refractivity contribution in [3.63, 3.8) is 0 Å². The summed E-state index contributed by atoms with van der Waals surface area (Å²) in [5.41, 5.74) is 4.13. The zero-order valence-corrected chi connectivity index (χ0v) is 12.1. The third-order valence-electron chi connectivity index (χ3n) is 3.43. The van der Waals surface area contributed by atoms with E-state index in [0.717, 1.165) is 6.42 Å². The summed E-state index contributed by atoms with van der Waals surface area (Å²) in [4.78, 5) is 0. The van der Waals surface area contributed by atoms with E-state index < -0.39 is 0 Å². The van der Waals surface area contributed by atoms with E-state index in [0.29, 0.717) is 12.1 Å². The van der Waals surface area contributed by atoms with Gasteiger partial charge in [-0.2, -0.15) is 11.3 Å². The summed E-state index contributed by atoms with van der Waals surface area (Å²) >= 11 is 1.76. The first-order valence-corrected chi connectivity index (χ1v) is 7.52. The van der Waals surface area contributed by atoms with Crippen LogP contribution in [0.2, 0.25) is 0 Å². The van der Waals surface area contributed by atoms with Gasteiger partial charge in [0.25, 0.3) is 0 Å². The van der Waals surface area contributed by atoms with E-state index in [-0.39, 0.29) is 0 Å². The topological polar surface area (TPSA) is 12.0 Å². The highest BCUT2D eigenvalue weighted by atomic mass is 32.1. The van der Waals surface area contributed by atoms with Gasteiger partial charge in [0.1, 0.15) is 0 Å². The third-order valence-corrected chi connectivity index (χ3v) is 4.13. The smallest absolute Gasteiger partial charge is 0.0305 e. The van der Waals surface area contributed by atoms with Crippen LogP contribution in [0.25, 0.3) is 0 Å². The Morgan fingerprint density at radius 2 is 1.67 bits per heavy atom. The molecule has 2 aromatic rings. The predicted octanol–water partition coefficient (Wildman–Crippen LogP) is 4.72. The fraction of sp³-hybridized carbons (Fsp3) is 0.375. The Hall–Kier alpha value is -1.12. The van der Waals surface area contributed by atoms with Crippen LogP contribution in [0.3, 0.4) is 0 Å². The lowest BCUT2D eigenvalue weighted by molar-refractivity contribution is 0.495. The number of hydrogen-bond donors (Lipinski definition) is 1. The summed E-state index contributed by atoms with van der Waals surface area (Å²) in [7, 11) is 0. The van der Waals surface area contributed by atoms with Crippen LogP contribution in [-0.4, -0.2) is 0 Å². The molecular formula is C16H21NS. The van der Waals surface area contributed by atoms with Gasteiger partial charge in [-0.3, -0.25) is 0 Å². The average Bonchev–Trinajstić information content (AvgIpc) is 2.92. The van der Waals surface area contributed by atoms with Crippen molar-refractivity contribution in [1.29, 1.82) is 0 Å². The first-order chi connectivity index (χ1) is 8.70. The van der Waals surface area contributed by atoms with Crippen molar-refractivity contribution >= 4 is 11.3 Å². The van der Waals surface area contributed by atoms with Crippen molar-refractivity contribution in [1.82, 2.24) is 5.32 Å². The van der Waals surface area contributed by atoms with Crippen LogP contribution in [0.1, 0.15) is 49.5 Å². The summed E-state index contributed by atoms with van der Waals surface area (Å²) in [5, 5.41) is 7.99. The third kappa shape index (κ3) is 3.21. The summed E-state index contributed by atoms with van der Waals surface area (Å²) in [6, 6.07) is 11.9. The van der Waals surface area contributed by atoms with Gasteiger partial charge in [0, 0.05) is 12.1 Å². The Morgan fingerprint density at radius 3 is 2.22 bits per heavy atom. The van der Waals surface area contributed by atoms with Crippen molar-refractivity contribution in [3.05, 3.63) is 57.8 Å². The second-order valence-electron chi connectivity index (χ2n) is 4.76. The van der Waals surface area contributed by atoms with Crippen LogP contribution in [-0.2, 0) is 6.42 Å². The monoisotopic (exact) mass is 259 g/mol. The van der Waals surface area contributed by atoms with Gasteiger partial charge in [-0.1, -0.05) is 31.2 Å². The molecule has 2 unspecified atom stereocenters. The Labute approximate surface area is 114 Å². The molecule has 0 bridgehead atoms. The summed E-state index contributed by atoms with van der Waals surface area (Å²) in [6.45, 7) is 6.64. The number of nitrogens with one attached hydrogen (secondary N) is 1. The van der Waals surface area contributed by atoms with Crippen molar-refractivity contribution in [3.8, 4) is 0 Å². The number of thiophene rings is 1. The molecule has 0 amide bonds. The average molecular weight is 259 g/mol. The molecule has 0 aliphatic rings. The van der Waals surface area contributed by atoms with E-state index in [9.17, 15) is 0 Å². The maximum atomic E-state index is 3.64. The van der Waals surface area contributed by atoms with Gasteiger partial charge >= 0.3 is 0 Å². The molecule has 0 saturated heterocycles. The van der Waals surface area contributed by atoms with E-state index in [1.807, 2.05) is 0 Å². The van der Waals surface area contributed by atoms with E-state index in [1.54, 1.807) is 11.3 Å². The fourth-order valence-electron chi connectivity index (χ4n) is 2.13. The van der Waals surface area contributed by atoms with E-state index in [4.69, 9.17) is 0 Å². The standard InChI is InChI=1S/C16H21NS/c1-4-14-5-7-15(8-6-14)12(2)17-13(3)16-9-10-18-11-16/h5-13,17H,4H2,1-3H3. The molecule has 1 heterocycles. The normalized spacial score (nSPS) is 14.4. The van der Waals surface area contributed by atoms with Crippen LogP contribution in [0.4, 0.5) is 0 Å². The first-order valence-electron chi connectivity index (χ1n) is 6.57. The van der Waals surface area contributed by atoms with Crippen molar-refractivity contribution in [2.75, 3.05) is 0 Å². The molecule has 0 aliphatic carbocycles. The molecule has 2 atom stereocenters. The predicted molar refractivity (Wildman–Crippen MR) is 80.1 cm³/mol. The molecule has 2 rings (SSSR count). The van der Waals surface area contributed by atoms with E-state index >= 15 is 0 Å². The van der Waals surface area contributed by atoms with Gasteiger partial charge in [0.15, 0.2) is 0 Å². The van der Waals surface area contributed by atoms with Gasteiger partial charge in [-0.05, 0) is 53.8 Å². The van der Waals surface area contributed by atoms with Gasteiger partial charge in [-0.15, -0.1) is 0 Å². The maximum Gasteiger partial charge on any atom is 0.0305 e. The molecular weight excluding hydrogens is 238 g/mol. The first kappa shape index (κ1) is 13.3. The van der Waals surface area contributed by atoms with Crippen molar-refractivity contribution < 1.29 is 0 Å². The largest absolute Gasteiger partial charge is 0.304 e. The number of benzene rings is 1. The van der Waals surface area contributed by atoms with Gasteiger partial charge in [0.2, 0.25) is 0 Å². The molecule has 1 aromatic carbocycles.